The van der Waals surface area contributed by atoms with Crippen molar-refractivity contribution in [1.29, 1.82) is 0 Å². The lowest BCUT2D eigenvalue weighted by molar-refractivity contribution is -0.137. The van der Waals surface area contributed by atoms with Crippen LogP contribution in [0.3, 0.4) is 0 Å². The van der Waals surface area contributed by atoms with Gasteiger partial charge in [0.2, 0.25) is 0 Å². The quantitative estimate of drug-likeness (QED) is 0.241. The molecule has 0 aliphatic heterocycles. The summed E-state index contributed by atoms with van der Waals surface area (Å²) in [4.78, 5) is 21.3. The van der Waals surface area contributed by atoms with Crippen molar-refractivity contribution in [3.63, 3.8) is 0 Å². The zero-order valence-corrected chi connectivity index (χ0v) is 16.6. The van der Waals surface area contributed by atoms with Crippen molar-refractivity contribution < 1.29 is 41.8 Å². The molecule has 0 aromatic carbocycles. The van der Waals surface area contributed by atoms with Crippen LogP contribution in [0.5, 0.6) is 0 Å². The third-order valence-corrected chi connectivity index (χ3v) is 8.15. The molecule has 0 aliphatic carbocycles. The minimum atomic E-state index is -3.63. The first kappa shape index (κ1) is 27.0. The van der Waals surface area contributed by atoms with Crippen molar-refractivity contribution in [2.24, 2.45) is 5.90 Å². The van der Waals surface area contributed by atoms with E-state index < -0.39 is 42.1 Å². The molecule has 0 spiro atoms. The van der Waals surface area contributed by atoms with Gasteiger partial charge < -0.3 is 15.4 Å². The largest absolute Gasteiger partial charge is 0.480 e. The number of sulfone groups is 2. The maximum Gasteiger partial charge on any atom is 0.321 e. The molecule has 0 aliphatic rings. The summed E-state index contributed by atoms with van der Waals surface area (Å²) in [5, 5.41) is 21.1. The van der Waals surface area contributed by atoms with Crippen LogP contribution in [0, 0.1) is 0 Å². The number of rotatable bonds is 13. The Hall–Kier alpha value is -1.24. The summed E-state index contributed by atoms with van der Waals surface area (Å²) in [5.74, 6) is 0.439. The number of hydrogen-bond acceptors (Lipinski definition) is 8. The van der Waals surface area contributed by atoms with E-state index in [9.17, 15) is 26.4 Å². The summed E-state index contributed by atoms with van der Waals surface area (Å²) in [6.45, 7) is 2.30. The van der Waals surface area contributed by atoms with E-state index in [-0.39, 0.29) is 11.5 Å². The first-order valence-electron chi connectivity index (χ1n) is 8.06. The van der Waals surface area contributed by atoms with E-state index in [0.717, 1.165) is 13.8 Å². The number of nitrogens with two attached hydrogens (primary N) is 1. The highest BCUT2D eigenvalue weighted by Gasteiger charge is 2.27. The molecule has 2 atom stereocenters. The zero-order valence-electron chi connectivity index (χ0n) is 15.0. The van der Waals surface area contributed by atoms with Crippen LogP contribution < -0.4 is 5.90 Å². The highest BCUT2D eigenvalue weighted by molar-refractivity contribution is 7.93. The summed E-state index contributed by atoms with van der Waals surface area (Å²) in [6.07, 6.45) is 3.40. The zero-order chi connectivity index (χ0) is 21.0. The van der Waals surface area contributed by atoms with Crippen LogP contribution in [0.4, 0.5) is 0 Å². The second-order valence-electron chi connectivity index (χ2n) is 5.82. The maximum absolute atomic E-state index is 11.6. The fraction of sp³-hybridized carbons (Fsp3) is 0.857. The van der Waals surface area contributed by atoms with Gasteiger partial charge in [-0.1, -0.05) is 25.7 Å². The normalized spacial score (nSPS) is 14.0. The number of aliphatic carboxylic acids is 2. The van der Waals surface area contributed by atoms with Crippen molar-refractivity contribution >= 4 is 31.6 Å². The van der Waals surface area contributed by atoms with Gasteiger partial charge in [-0.2, -0.15) is 0 Å². The third kappa shape index (κ3) is 10.7. The molecule has 0 radical (unpaired) electrons. The van der Waals surface area contributed by atoms with E-state index >= 15 is 0 Å². The van der Waals surface area contributed by atoms with Gasteiger partial charge in [0.05, 0.1) is 11.5 Å². The molecule has 0 saturated heterocycles. The first-order valence-corrected chi connectivity index (χ1v) is 11.5. The number of carbonyl (C=O) groups is 2. The molecule has 10 nitrogen and oxygen atoms in total. The van der Waals surface area contributed by atoms with E-state index in [2.05, 4.69) is 5.90 Å². The highest BCUT2D eigenvalue weighted by Crippen LogP contribution is 2.12. The number of unbranched alkanes of at least 4 members (excludes halogenated alkanes) is 5. The van der Waals surface area contributed by atoms with E-state index in [1.54, 1.807) is 0 Å². The Balaban J connectivity index is 0. The molecule has 0 fully saturated rings. The molecule has 0 saturated carbocycles. The smallest absolute Gasteiger partial charge is 0.321 e. The van der Waals surface area contributed by atoms with Crippen molar-refractivity contribution in [2.75, 3.05) is 11.5 Å². The van der Waals surface area contributed by atoms with Gasteiger partial charge in [-0.05, 0) is 26.7 Å². The standard InChI is InChI=1S/C14H26O8S2.H3NO/c1-11(13(15)16)23(19,20)9-7-5-3-4-6-8-10-24(21,22)12(2)14(17)18;1-2/h11-12H,3-10H2,1-2H3,(H,15,16)(H,17,18);2H,1H2. The fourth-order valence-electron chi connectivity index (χ4n) is 1.97. The highest BCUT2D eigenvalue weighted by atomic mass is 32.2. The van der Waals surface area contributed by atoms with Gasteiger partial charge in [-0.25, -0.2) is 22.7 Å². The molecule has 5 N–H and O–H groups in total. The van der Waals surface area contributed by atoms with Gasteiger partial charge in [-0.3, -0.25) is 9.59 Å². The Kier molecular flexibility index (Phi) is 13.5. The second-order valence-corrected chi connectivity index (χ2v) is 10.7. The molecular weight excluding hydrogens is 390 g/mol. The molecule has 0 heterocycles. The third-order valence-electron chi connectivity index (χ3n) is 3.88. The Labute approximate surface area is 154 Å². The molecular formula is C14H29NO9S2. The molecule has 0 amide bonds. The van der Waals surface area contributed by atoms with E-state index in [1.807, 2.05) is 0 Å². The number of hydrogen-bond donors (Lipinski definition) is 4. The minimum Gasteiger partial charge on any atom is -0.480 e. The average Bonchev–Trinajstić information content (AvgIpc) is 2.57. The van der Waals surface area contributed by atoms with Crippen LogP contribution in [0.15, 0.2) is 0 Å². The summed E-state index contributed by atoms with van der Waals surface area (Å²) < 4.78 is 46.6. The van der Waals surface area contributed by atoms with Crippen molar-refractivity contribution in [3.05, 3.63) is 0 Å². The predicted octanol–water partition coefficient (Wildman–Crippen LogP) is 0.437. The Bertz CT molecular complexity index is 573. The first-order chi connectivity index (χ1) is 11.9. The summed E-state index contributed by atoms with van der Waals surface area (Å²) in [7, 11) is -7.26. The fourth-order valence-corrected chi connectivity index (χ4v) is 4.51. The van der Waals surface area contributed by atoms with Gasteiger partial charge in [0.15, 0.2) is 30.2 Å². The van der Waals surface area contributed by atoms with Crippen LogP contribution in [-0.2, 0) is 29.3 Å². The van der Waals surface area contributed by atoms with Gasteiger partial charge in [0, 0.05) is 0 Å². The van der Waals surface area contributed by atoms with Gasteiger partial charge >= 0.3 is 11.9 Å². The molecule has 26 heavy (non-hydrogen) atoms. The Morgan fingerprint density at radius 1 is 0.692 bits per heavy atom. The minimum absolute atomic E-state index is 0.176. The van der Waals surface area contributed by atoms with Crippen LogP contribution in [0.2, 0.25) is 0 Å². The molecule has 0 rings (SSSR count). The monoisotopic (exact) mass is 419 g/mol. The van der Waals surface area contributed by atoms with E-state index in [1.165, 1.54) is 0 Å². The lowest BCUT2D eigenvalue weighted by Gasteiger charge is -2.09. The molecule has 2 unspecified atom stereocenters. The molecule has 0 aromatic rings. The molecule has 156 valence electrons. The van der Waals surface area contributed by atoms with Crippen molar-refractivity contribution in [1.82, 2.24) is 0 Å². The topological polar surface area (TPSA) is 189 Å². The van der Waals surface area contributed by atoms with Gasteiger partial charge in [0.1, 0.15) is 0 Å². The maximum atomic E-state index is 11.6. The predicted molar refractivity (Wildman–Crippen MR) is 95.4 cm³/mol. The van der Waals surface area contributed by atoms with Crippen LogP contribution in [0.25, 0.3) is 0 Å². The van der Waals surface area contributed by atoms with Gasteiger partial charge in [0.25, 0.3) is 0 Å². The Morgan fingerprint density at radius 3 is 1.15 bits per heavy atom. The summed E-state index contributed by atoms with van der Waals surface area (Å²) >= 11 is 0. The van der Waals surface area contributed by atoms with Gasteiger partial charge in [-0.15, -0.1) is 0 Å². The average molecular weight is 420 g/mol. The Morgan fingerprint density at radius 2 is 0.923 bits per heavy atom. The van der Waals surface area contributed by atoms with E-state index in [4.69, 9.17) is 15.4 Å². The lowest BCUT2D eigenvalue weighted by Crippen LogP contribution is -2.29. The number of carboxylic acids is 2. The van der Waals surface area contributed by atoms with E-state index in [0.29, 0.717) is 38.5 Å². The number of carboxylic acid groups (broad SMARTS) is 2. The SMILES string of the molecule is CC(C(=O)O)S(=O)(=O)CCCCCCCCS(=O)(=O)C(C)C(=O)O.NO. The van der Waals surface area contributed by atoms with Crippen LogP contribution >= 0.6 is 0 Å². The van der Waals surface area contributed by atoms with Crippen LogP contribution in [0.1, 0.15) is 52.4 Å². The summed E-state index contributed by atoms with van der Waals surface area (Å²) in [6, 6.07) is 0. The van der Waals surface area contributed by atoms with Crippen LogP contribution in [-0.4, -0.2) is 66.2 Å². The molecule has 0 bridgehead atoms. The second kappa shape index (κ2) is 13.0. The molecule has 0 aromatic heterocycles. The summed E-state index contributed by atoms with van der Waals surface area (Å²) in [5.41, 5.74) is 0. The van der Waals surface area contributed by atoms with Crippen molar-refractivity contribution in [3.8, 4) is 0 Å². The van der Waals surface area contributed by atoms with Crippen molar-refractivity contribution in [2.45, 2.75) is 62.9 Å². The lowest BCUT2D eigenvalue weighted by atomic mass is 10.1. The molecule has 12 heteroatoms.